The highest BCUT2D eigenvalue weighted by Gasteiger charge is 2.33. The normalized spacial score (nSPS) is 16.2. The Hall–Kier alpha value is -2.72. The number of thiol groups is 2. The number of carbonyl (C=O) groups excluding carboxylic acids is 5. The van der Waals surface area contributed by atoms with Crippen LogP contribution in [-0.2, 0) is 24.0 Å². The summed E-state index contributed by atoms with van der Waals surface area (Å²) < 4.78 is 0. The van der Waals surface area contributed by atoms with Crippen LogP contribution < -0.4 is 44.2 Å². The summed E-state index contributed by atoms with van der Waals surface area (Å²) in [7, 11) is 0. The topological polar surface area (TPSA) is 250 Å². The molecule has 40 heavy (non-hydrogen) atoms. The lowest BCUT2D eigenvalue weighted by Gasteiger charge is -2.29. The van der Waals surface area contributed by atoms with Gasteiger partial charge in [0.2, 0.25) is 29.5 Å². The third-order valence-electron chi connectivity index (χ3n) is 6.54. The molecule has 0 rings (SSSR count). The number of primary amides is 1. The molecule has 0 aliphatic carbocycles. The van der Waals surface area contributed by atoms with Crippen LogP contribution in [0.15, 0.2) is 4.99 Å². The average molecular weight is 606 g/mol. The van der Waals surface area contributed by atoms with E-state index in [2.05, 4.69) is 51.5 Å². The summed E-state index contributed by atoms with van der Waals surface area (Å²) >= 11 is 8.19. The van der Waals surface area contributed by atoms with E-state index in [0.29, 0.717) is 19.3 Å². The van der Waals surface area contributed by atoms with Crippen LogP contribution in [-0.4, -0.2) is 83.8 Å². The van der Waals surface area contributed by atoms with Crippen LogP contribution >= 0.6 is 25.3 Å². The first-order valence-electron chi connectivity index (χ1n) is 13.3. The van der Waals surface area contributed by atoms with Gasteiger partial charge in [-0.15, -0.1) is 0 Å². The van der Waals surface area contributed by atoms with E-state index in [4.69, 9.17) is 22.9 Å². The van der Waals surface area contributed by atoms with E-state index in [0.717, 1.165) is 0 Å². The van der Waals surface area contributed by atoms with Gasteiger partial charge in [0.25, 0.3) is 0 Å². The van der Waals surface area contributed by atoms with Crippen LogP contribution in [0, 0.1) is 11.8 Å². The van der Waals surface area contributed by atoms with E-state index < -0.39 is 59.7 Å². The van der Waals surface area contributed by atoms with E-state index >= 15 is 0 Å². The Kier molecular flexibility index (Phi) is 18.1. The molecule has 5 amide bonds. The number of amides is 5. The molecule has 0 radical (unpaired) electrons. The Labute approximate surface area is 247 Å². The lowest BCUT2D eigenvalue weighted by atomic mass is 9.96. The largest absolute Gasteiger partial charge is 0.370 e. The molecule has 0 heterocycles. The zero-order chi connectivity index (χ0) is 31.0. The Morgan fingerprint density at radius 2 is 1.23 bits per heavy atom. The molecule has 0 fully saturated rings. The Bertz CT molecular complexity index is 889. The van der Waals surface area contributed by atoms with Crippen molar-refractivity contribution in [2.75, 3.05) is 18.1 Å². The maximum atomic E-state index is 13.3. The Morgan fingerprint density at radius 3 is 1.70 bits per heavy atom. The third kappa shape index (κ3) is 13.1. The summed E-state index contributed by atoms with van der Waals surface area (Å²) in [5.41, 5.74) is 21.9. The van der Waals surface area contributed by atoms with Gasteiger partial charge < -0.3 is 44.2 Å². The molecule has 0 aliphatic rings. The molecule has 0 spiro atoms. The first kappa shape index (κ1) is 37.3. The maximum Gasteiger partial charge on any atom is 0.244 e. The molecule has 0 bridgehead atoms. The highest BCUT2D eigenvalue weighted by Crippen LogP contribution is 2.11. The van der Waals surface area contributed by atoms with Crippen LogP contribution in [0.25, 0.3) is 0 Å². The minimum absolute atomic E-state index is 0.0624. The highest BCUT2D eigenvalue weighted by atomic mass is 32.1. The van der Waals surface area contributed by atoms with Gasteiger partial charge in [-0.1, -0.05) is 40.5 Å². The number of rotatable bonds is 19. The van der Waals surface area contributed by atoms with Crippen LogP contribution in [0.4, 0.5) is 0 Å². The zero-order valence-corrected chi connectivity index (χ0v) is 25.5. The van der Waals surface area contributed by atoms with Gasteiger partial charge in [0.15, 0.2) is 5.96 Å². The second-order valence-electron chi connectivity index (χ2n) is 9.69. The van der Waals surface area contributed by atoms with Gasteiger partial charge in [-0.2, -0.15) is 25.3 Å². The fourth-order valence-electron chi connectivity index (χ4n) is 3.53. The summed E-state index contributed by atoms with van der Waals surface area (Å²) in [5, 5.41) is 10.5. The van der Waals surface area contributed by atoms with Crippen LogP contribution in [0.5, 0.6) is 0 Å². The van der Waals surface area contributed by atoms with E-state index in [1.165, 1.54) is 0 Å². The minimum Gasteiger partial charge on any atom is -0.370 e. The fourth-order valence-corrected chi connectivity index (χ4v) is 3.95. The Morgan fingerprint density at radius 1 is 0.725 bits per heavy atom. The summed E-state index contributed by atoms with van der Waals surface area (Å²) in [5.74, 6) is -3.85. The van der Waals surface area contributed by atoms with E-state index in [9.17, 15) is 24.0 Å². The van der Waals surface area contributed by atoms with Gasteiger partial charge in [0, 0.05) is 18.1 Å². The molecule has 0 saturated carbocycles. The summed E-state index contributed by atoms with van der Waals surface area (Å²) in [6, 6.07) is -5.06. The van der Waals surface area contributed by atoms with Gasteiger partial charge in [-0.25, -0.2) is 0 Å². The first-order valence-corrected chi connectivity index (χ1v) is 14.5. The molecule has 0 aromatic rings. The third-order valence-corrected chi connectivity index (χ3v) is 7.30. The van der Waals surface area contributed by atoms with Crippen LogP contribution in [0.2, 0.25) is 0 Å². The zero-order valence-electron chi connectivity index (χ0n) is 23.7. The van der Waals surface area contributed by atoms with Crippen molar-refractivity contribution in [1.82, 2.24) is 21.3 Å². The number of aliphatic imine (C=N–C) groups is 1. The monoisotopic (exact) mass is 605 g/mol. The molecule has 16 heteroatoms. The van der Waals surface area contributed by atoms with Gasteiger partial charge in [0.05, 0.1) is 6.04 Å². The molecule has 230 valence electrons. The smallest absolute Gasteiger partial charge is 0.244 e. The number of hydrogen-bond acceptors (Lipinski definition) is 9. The number of nitrogens with two attached hydrogens (primary N) is 4. The molecule has 0 aromatic carbocycles. The van der Waals surface area contributed by atoms with E-state index in [-0.39, 0.29) is 42.3 Å². The summed E-state index contributed by atoms with van der Waals surface area (Å²) in [6.07, 6.45) is 1.62. The van der Waals surface area contributed by atoms with Crippen molar-refractivity contribution < 1.29 is 24.0 Å². The highest BCUT2D eigenvalue weighted by molar-refractivity contribution is 7.80. The van der Waals surface area contributed by atoms with Crippen molar-refractivity contribution in [2.45, 2.75) is 83.6 Å². The molecule has 14 nitrogen and oxygen atoms in total. The van der Waals surface area contributed by atoms with Crippen LogP contribution in [0.3, 0.4) is 0 Å². The second-order valence-corrected chi connectivity index (χ2v) is 10.4. The van der Waals surface area contributed by atoms with Crippen molar-refractivity contribution in [3.63, 3.8) is 0 Å². The predicted molar refractivity (Wildman–Crippen MR) is 161 cm³/mol. The quantitative estimate of drug-likeness (QED) is 0.0332. The van der Waals surface area contributed by atoms with Crippen molar-refractivity contribution in [3.05, 3.63) is 0 Å². The van der Waals surface area contributed by atoms with Gasteiger partial charge in [-0.3, -0.25) is 29.0 Å². The number of hydrogen-bond donors (Lipinski definition) is 10. The SMILES string of the molecule is CC[C@H](C)[C@H](NC(=O)[C@H](CS)NC(=O)[C@@H](NC(=O)[C@H](CCCN=C(N)N)NC(=O)[C@@H](N)CS)[C@@H](C)CC)C(N)=O. The lowest BCUT2D eigenvalue weighted by Crippen LogP contribution is -2.60. The van der Waals surface area contributed by atoms with E-state index in [1.807, 2.05) is 13.8 Å². The Balaban J connectivity index is 5.75. The molecule has 0 unspecified atom stereocenters. The molecule has 0 saturated heterocycles. The number of guanidine groups is 1. The summed E-state index contributed by atoms with van der Waals surface area (Å²) in [6.45, 7) is 7.44. The first-order chi connectivity index (χ1) is 18.7. The lowest BCUT2D eigenvalue weighted by molar-refractivity contribution is -0.135. The average Bonchev–Trinajstić information content (AvgIpc) is 2.92. The number of nitrogens with one attached hydrogen (secondary N) is 4. The van der Waals surface area contributed by atoms with Crippen molar-refractivity contribution in [3.8, 4) is 0 Å². The van der Waals surface area contributed by atoms with Crippen molar-refractivity contribution in [2.24, 2.45) is 39.8 Å². The molecule has 7 atom stereocenters. The van der Waals surface area contributed by atoms with Crippen LogP contribution in [0.1, 0.15) is 53.4 Å². The fraction of sp³-hybridized carbons (Fsp3) is 0.750. The van der Waals surface area contributed by atoms with Crippen molar-refractivity contribution >= 4 is 60.8 Å². The predicted octanol–water partition coefficient (Wildman–Crippen LogP) is -2.26. The van der Waals surface area contributed by atoms with Crippen molar-refractivity contribution in [1.29, 1.82) is 0 Å². The second kappa shape index (κ2) is 19.4. The minimum atomic E-state index is -1.10. The number of nitrogens with zero attached hydrogens (tertiary/aromatic N) is 1. The molecular formula is C24H47N9O5S2. The van der Waals surface area contributed by atoms with Gasteiger partial charge in [0.1, 0.15) is 24.2 Å². The van der Waals surface area contributed by atoms with E-state index in [1.54, 1.807) is 13.8 Å². The standard InChI is InChI=1S/C24H47N9O5S2/c1-5-12(3)17(19(26)34)32-22(37)16(11-40)31-23(38)18(13(4)6-2)33-21(36)15(8-7-9-29-24(27)28)30-20(35)14(25)10-39/h12-18,39-40H,5-11,25H2,1-4H3,(H2,26,34)(H,30,35)(H,31,38)(H,32,37)(H,33,36)(H4,27,28,29)/t12-,13-,14-,15-,16-,17-,18-/m0/s1. The summed E-state index contributed by atoms with van der Waals surface area (Å²) in [4.78, 5) is 67.6. The maximum absolute atomic E-state index is 13.3. The van der Waals surface area contributed by atoms with Gasteiger partial charge >= 0.3 is 0 Å². The molecule has 12 N–H and O–H groups in total. The number of carbonyl (C=O) groups is 5. The van der Waals surface area contributed by atoms with Gasteiger partial charge in [-0.05, 0) is 24.7 Å². The molecular weight excluding hydrogens is 558 g/mol. The molecule has 0 aliphatic heterocycles. The molecule has 0 aromatic heterocycles.